The maximum absolute atomic E-state index is 12.7. The summed E-state index contributed by atoms with van der Waals surface area (Å²) in [5.41, 5.74) is 4.09. The van der Waals surface area contributed by atoms with Gasteiger partial charge in [-0.25, -0.2) is 0 Å². The van der Waals surface area contributed by atoms with E-state index in [1.807, 2.05) is 12.1 Å². The number of nitrogens with zero attached hydrogens (tertiary/aromatic N) is 4. The van der Waals surface area contributed by atoms with Gasteiger partial charge in [0.2, 0.25) is 0 Å². The molecule has 0 unspecified atom stereocenters. The second-order valence-electron chi connectivity index (χ2n) is 7.79. The van der Waals surface area contributed by atoms with Crippen molar-refractivity contribution in [1.29, 1.82) is 0 Å². The quantitative estimate of drug-likeness (QED) is 0.272. The van der Waals surface area contributed by atoms with Crippen LogP contribution in [0.3, 0.4) is 0 Å². The van der Waals surface area contributed by atoms with Crippen LogP contribution in [0, 0.1) is 17.0 Å². The maximum atomic E-state index is 12.7. The van der Waals surface area contributed by atoms with Gasteiger partial charge in [-0.2, -0.15) is 4.80 Å². The number of rotatable bonds is 7. The van der Waals surface area contributed by atoms with Gasteiger partial charge in [-0.05, 0) is 55.7 Å². The van der Waals surface area contributed by atoms with E-state index in [4.69, 9.17) is 11.6 Å². The van der Waals surface area contributed by atoms with Crippen molar-refractivity contribution < 1.29 is 9.72 Å². The second kappa shape index (κ2) is 9.38. The van der Waals surface area contributed by atoms with Crippen LogP contribution in [-0.4, -0.2) is 25.8 Å². The molecule has 1 aromatic heterocycles. The van der Waals surface area contributed by atoms with Crippen LogP contribution in [0.1, 0.15) is 41.3 Å². The van der Waals surface area contributed by atoms with Crippen molar-refractivity contribution in [1.82, 2.24) is 15.0 Å². The predicted octanol–water partition coefficient (Wildman–Crippen LogP) is 5.89. The maximum Gasteiger partial charge on any atom is 0.273 e. The Hall–Kier alpha value is -3.78. The van der Waals surface area contributed by atoms with Crippen molar-refractivity contribution in [3.05, 3.63) is 86.4 Å². The van der Waals surface area contributed by atoms with Gasteiger partial charge in [-0.15, -0.1) is 10.2 Å². The molecule has 33 heavy (non-hydrogen) atoms. The molecule has 0 bridgehead atoms. The molecule has 4 aromatic rings. The molecule has 1 amide bonds. The topological polar surface area (TPSA) is 103 Å². The van der Waals surface area contributed by atoms with Crippen molar-refractivity contribution in [2.24, 2.45) is 0 Å². The first-order chi connectivity index (χ1) is 15.9. The summed E-state index contributed by atoms with van der Waals surface area (Å²) in [4.78, 5) is 24.9. The molecule has 8 nitrogen and oxygen atoms in total. The van der Waals surface area contributed by atoms with Gasteiger partial charge in [0.15, 0.2) is 0 Å². The third kappa shape index (κ3) is 4.85. The smallest absolute Gasteiger partial charge is 0.273 e. The number of benzene rings is 3. The molecule has 0 radical (unpaired) electrons. The molecule has 1 N–H and O–H groups in total. The van der Waals surface area contributed by atoms with Crippen molar-refractivity contribution in [2.75, 3.05) is 5.32 Å². The third-order valence-electron chi connectivity index (χ3n) is 5.37. The summed E-state index contributed by atoms with van der Waals surface area (Å²) in [6, 6.07) is 15.7. The lowest BCUT2D eigenvalue weighted by Crippen LogP contribution is -2.12. The molecule has 0 aliphatic heterocycles. The van der Waals surface area contributed by atoms with Crippen LogP contribution in [-0.2, 0) is 6.42 Å². The number of hydrogen-bond donors (Lipinski definition) is 1. The Balaban J connectivity index is 1.58. The Morgan fingerprint density at radius 1 is 1.09 bits per heavy atom. The first kappa shape index (κ1) is 22.4. The van der Waals surface area contributed by atoms with Crippen molar-refractivity contribution in [3.8, 4) is 5.69 Å². The Bertz CT molecular complexity index is 1350. The van der Waals surface area contributed by atoms with Gasteiger partial charge in [-0.1, -0.05) is 43.1 Å². The molecule has 3 aromatic carbocycles. The average molecular weight is 464 g/mol. The highest BCUT2D eigenvalue weighted by atomic mass is 35.5. The molecule has 0 aliphatic carbocycles. The van der Waals surface area contributed by atoms with E-state index in [1.54, 1.807) is 19.1 Å². The lowest BCUT2D eigenvalue weighted by Gasteiger charge is -2.07. The second-order valence-corrected chi connectivity index (χ2v) is 8.20. The van der Waals surface area contributed by atoms with E-state index in [9.17, 15) is 14.9 Å². The molecule has 0 saturated heterocycles. The van der Waals surface area contributed by atoms with E-state index in [2.05, 4.69) is 34.6 Å². The largest absolute Gasteiger partial charge is 0.321 e. The molecule has 0 aliphatic rings. The number of carbonyl (C=O) groups is 1. The number of hydrogen-bond acceptors (Lipinski definition) is 5. The summed E-state index contributed by atoms with van der Waals surface area (Å²) in [7, 11) is 0. The Morgan fingerprint density at radius 2 is 1.79 bits per heavy atom. The van der Waals surface area contributed by atoms with Gasteiger partial charge < -0.3 is 5.32 Å². The minimum absolute atomic E-state index is 0.118. The summed E-state index contributed by atoms with van der Waals surface area (Å²) in [6.07, 6.45) is 3.33. The van der Waals surface area contributed by atoms with E-state index in [0.717, 1.165) is 24.9 Å². The molecule has 0 fully saturated rings. The fourth-order valence-electron chi connectivity index (χ4n) is 3.47. The number of nitro benzene ring substituents is 1. The van der Waals surface area contributed by atoms with Crippen molar-refractivity contribution >= 4 is 39.9 Å². The number of unbranched alkanes of at least 4 members (excludes halogenated alkanes) is 1. The highest BCUT2D eigenvalue weighted by Gasteiger charge is 2.17. The van der Waals surface area contributed by atoms with Gasteiger partial charge in [0.25, 0.3) is 11.6 Å². The summed E-state index contributed by atoms with van der Waals surface area (Å²) >= 11 is 6.37. The van der Waals surface area contributed by atoms with Crippen LogP contribution in [0.4, 0.5) is 11.4 Å². The van der Waals surface area contributed by atoms with Gasteiger partial charge in [0, 0.05) is 17.2 Å². The van der Waals surface area contributed by atoms with Crippen LogP contribution in [0.25, 0.3) is 16.7 Å². The Labute approximate surface area is 195 Å². The van der Waals surface area contributed by atoms with Crippen molar-refractivity contribution in [2.45, 2.75) is 33.1 Å². The zero-order valence-corrected chi connectivity index (χ0v) is 19.0. The average Bonchev–Trinajstić information content (AvgIpc) is 3.21. The van der Waals surface area contributed by atoms with Gasteiger partial charge in [0.05, 0.1) is 21.3 Å². The number of nitro groups is 1. The van der Waals surface area contributed by atoms with Crippen LogP contribution in [0.5, 0.6) is 0 Å². The standard InChI is InChI=1S/C24H22ClN5O3/c1-3-4-5-16-7-10-18(11-8-16)29-27-21-13-19(25)20(14-22(21)28-29)26-24(31)17-9-6-15(2)23(12-17)30(32)33/h6-14H,3-5H2,1-2H3,(H,26,31). The number of amides is 1. The van der Waals surface area contributed by atoms with Gasteiger partial charge in [0.1, 0.15) is 11.0 Å². The Kier molecular flexibility index (Phi) is 6.37. The molecule has 4 rings (SSSR count). The number of nitrogens with one attached hydrogen (secondary N) is 1. The highest BCUT2D eigenvalue weighted by Crippen LogP contribution is 2.28. The van der Waals surface area contributed by atoms with Crippen LogP contribution < -0.4 is 5.32 Å². The number of anilines is 1. The predicted molar refractivity (Wildman–Crippen MR) is 128 cm³/mol. The van der Waals surface area contributed by atoms with E-state index in [0.29, 0.717) is 27.3 Å². The van der Waals surface area contributed by atoms with Crippen molar-refractivity contribution in [3.63, 3.8) is 0 Å². The highest BCUT2D eigenvalue weighted by molar-refractivity contribution is 6.34. The third-order valence-corrected chi connectivity index (χ3v) is 5.68. The Morgan fingerprint density at radius 3 is 2.45 bits per heavy atom. The minimum atomic E-state index is -0.514. The fourth-order valence-corrected chi connectivity index (χ4v) is 3.67. The van der Waals surface area contributed by atoms with E-state index in [1.165, 1.54) is 28.6 Å². The molecule has 0 atom stereocenters. The molecule has 0 saturated carbocycles. The molecule has 0 spiro atoms. The molecule has 1 heterocycles. The number of carbonyl (C=O) groups excluding carboxylic acids is 1. The number of halogens is 1. The van der Waals surface area contributed by atoms with Crippen LogP contribution >= 0.6 is 11.6 Å². The number of aryl methyl sites for hydroxylation is 2. The van der Waals surface area contributed by atoms with Gasteiger partial charge >= 0.3 is 0 Å². The van der Waals surface area contributed by atoms with Crippen LogP contribution in [0.2, 0.25) is 5.02 Å². The molecule has 9 heteroatoms. The van der Waals surface area contributed by atoms with E-state index in [-0.39, 0.29) is 11.3 Å². The number of fused-ring (bicyclic) bond motifs is 1. The first-order valence-corrected chi connectivity index (χ1v) is 11.0. The lowest BCUT2D eigenvalue weighted by atomic mass is 10.1. The summed E-state index contributed by atoms with van der Waals surface area (Å²) in [5, 5.41) is 23.2. The number of aromatic nitrogens is 3. The lowest BCUT2D eigenvalue weighted by molar-refractivity contribution is -0.385. The monoisotopic (exact) mass is 463 g/mol. The zero-order chi connectivity index (χ0) is 23.5. The van der Waals surface area contributed by atoms with E-state index < -0.39 is 10.8 Å². The summed E-state index contributed by atoms with van der Waals surface area (Å²) < 4.78 is 0. The van der Waals surface area contributed by atoms with E-state index >= 15 is 0 Å². The minimum Gasteiger partial charge on any atom is -0.321 e. The molecular formula is C24H22ClN5O3. The molecular weight excluding hydrogens is 442 g/mol. The fraction of sp³-hybridized carbons (Fsp3) is 0.208. The summed E-state index contributed by atoms with van der Waals surface area (Å²) in [5.74, 6) is -0.505. The first-order valence-electron chi connectivity index (χ1n) is 10.6. The van der Waals surface area contributed by atoms with Crippen LogP contribution in [0.15, 0.2) is 54.6 Å². The normalized spacial score (nSPS) is 11.0. The van der Waals surface area contributed by atoms with Gasteiger partial charge in [-0.3, -0.25) is 14.9 Å². The molecule has 168 valence electrons. The summed E-state index contributed by atoms with van der Waals surface area (Å²) in [6.45, 7) is 3.78. The SMILES string of the molecule is CCCCc1ccc(-n2nc3cc(Cl)c(NC(=O)c4ccc(C)c([N+](=O)[O-])c4)cc3n2)cc1. The zero-order valence-electron chi connectivity index (χ0n) is 18.2.